The zero-order valence-corrected chi connectivity index (χ0v) is 37.8. The van der Waals surface area contributed by atoms with Crippen LogP contribution in [-0.4, -0.2) is 24.9 Å². The largest absolute Gasteiger partial charge is 0.258 e. The van der Waals surface area contributed by atoms with Gasteiger partial charge >= 0.3 is 0 Å². The lowest BCUT2D eigenvalue weighted by Crippen LogP contribution is -1.98. The fourth-order valence-electron chi connectivity index (χ4n) is 9.11. The zero-order chi connectivity index (χ0) is 45.8. The van der Waals surface area contributed by atoms with Crippen molar-refractivity contribution < 1.29 is 0 Å². The predicted molar refractivity (Wildman–Crippen MR) is 279 cm³/mol. The fraction of sp³-hybridized carbons (Fsp3) is 0.0317. The van der Waals surface area contributed by atoms with Gasteiger partial charge in [-0.25, -0.2) is 19.9 Å². The van der Waals surface area contributed by atoms with Crippen LogP contribution in [0.3, 0.4) is 0 Å². The van der Waals surface area contributed by atoms with Crippen molar-refractivity contribution in [3.8, 4) is 112 Å². The number of aryl methyl sites for hydroxylation is 2. The summed E-state index contributed by atoms with van der Waals surface area (Å²) in [4.78, 5) is 25.5. The van der Waals surface area contributed by atoms with Crippen LogP contribution in [0.15, 0.2) is 237 Å². The molecule has 0 bridgehead atoms. The summed E-state index contributed by atoms with van der Waals surface area (Å²) in [5.41, 5.74) is 20.2. The van der Waals surface area contributed by atoms with Gasteiger partial charge in [0.2, 0.25) is 0 Å². The van der Waals surface area contributed by atoms with E-state index in [1.165, 1.54) is 0 Å². The van der Waals surface area contributed by atoms with E-state index in [0.717, 1.165) is 112 Å². The minimum absolute atomic E-state index is 0.673. The zero-order valence-electron chi connectivity index (χ0n) is 37.8. The van der Waals surface area contributed by atoms with Gasteiger partial charge in [-0.05, 0) is 94.8 Å². The molecule has 0 unspecified atom stereocenters. The molecule has 5 heteroatoms. The maximum atomic E-state index is 5.27. The molecule has 11 aromatic rings. The molecule has 0 atom stereocenters. The maximum absolute atomic E-state index is 5.27. The Bertz CT molecular complexity index is 3490. The van der Waals surface area contributed by atoms with Crippen LogP contribution in [0.4, 0.5) is 0 Å². The molecule has 0 saturated carbocycles. The molecule has 0 aliphatic rings. The number of hydrogen-bond acceptors (Lipinski definition) is 5. The Balaban J connectivity index is 1.06. The van der Waals surface area contributed by atoms with Gasteiger partial charge in [-0.1, -0.05) is 200 Å². The highest BCUT2D eigenvalue weighted by atomic mass is 14.9. The van der Waals surface area contributed by atoms with E-state index >= 15 is 0 Å². The third kappa shape index (κ3) is 8.64. The van der Waals surface area contributed by atoms with Crippen molar-refractivity contribution in [1.29, 1.82) is 0 Å². The van der Waals surface area contributed by atoms with E-state index in [2.05, 4.69) is 190 Å². The Labute approximate surface area is 397 Å². The molecular weight excluding hydrogens is 827 g/mol. The van der Waals surface area contributed by atoms with Crippen molar-refractivity contribution >= 4 is 0 Å². The van der Waals surface area contributed by atoms with Crippen molar-refractivity contribution in [2.75, 3.05) is 0 Å². The standard InChI is InChI=1S/C63H45N5/c1-42-36-52(37-43(2)64-42)61-54(48-28-17-30-50(38-48)58-40-57(45-22-9-4-10-23-45)65-62(66-58)46-24-11-5-12-25-46)34-19-35-55(61)49-29-18-31-51(39-49)59-41-60(68-63(67-59)47-26-13-6-14-27-47)56-33-16-15-32-53(56)44-20-7-3-8-21-44/h3-41H,1-2H3. The lowest BCUT2D eigenvalue weighted by molar-refractivity contribution is 1.12. The first-order valence-electron chi connectivity index (χ1n) is 22.9. The quantitative estimate of drug-likeness (QED) is 0.137. The van der Waals surface area contributed by atoms with Gasteiger partial charge in [0.05, 0.1) is 22.8 Å². The summed E-state index contributed by atoms with van der Waals surface area (Å²) in [6.07, 6.45) is 0. The van der Waals surface area contributed by atoms with Crippen molar-refractivity contribution in [1.82, 2.24) is 24.9 Å². The van der Waals surface area contributed by atoms with E-state index in [0.29, 0.717) is 11.6 Å². The lowest BCUT2D eigenvalue weighted by Gasteiger charge is -2.18. The van der Waals surface area contributed by atoms with Crippen molar-refractivity contribution in [2.24, 2.45) is 0 Å². The van der Waals surface area contributed by atoms with Gasteiger partial charge in [0.15, 0.2) is 11.6 Å². The van der Waals surface area contributed by atoms with Gasteiger partial charge in [0, 0.05) is 44.8 Å². The molecule has 68 heavy (non-hydrogen) atoms. The van der Waals surface area contributed by atoms with Gasteiger partial charge in [0.25, 0.3) is 0 Å². The van der Waals surface area contributed by atoms with E-state index in [1.54, 1.807) is 0 Å². The second-order valence-electron chi connectivity index (χ2n) is 17.0. The molecule has 0 amide bonds. The molecule has 0 spiro atoms. The summed E-state index contributed by atoms with van der Waals surface area (Å²) in [7, 11) is 0. The van der Waals surface area contributed by atoms with Gasteiger partial charge in [0.1, 0.15) is 0 Å². The third-order valence-corrected chi connectivity index (χ3v) is 12.2. The smallest absolute Gasteiger partial charge is 0.160 e. The first kappa shape index (κ1) is 41.8. The summed E-state index contributed by atoms with van der Waals surface area (Å²) in [5.74, 6) is 1.36. The Morgan fingerprint density at radius 1 is 0.221 bits per heavy atom. The molecule has 5 nitrogen and oxygen atoms in total. The Hall–Kier alpha value is -8.93. The van der Waals surface area contributed by atoms with Crippen LogP contribution in [-0.2, 0) is 0 Å². The van der Waals surface area contributed by atoms with E-state index in [1.807, 2.05) is 60.7 Å². The maximum Gasteiger partial charge on any atom is 0.160 e. The summed E-state index contributed by atoms with van der Waals surface area (Å²) < 4.78 is 0. The average molecular weight is 872 g/mol. The monoisotopic (exact) mass is 871 g/mol. The summed E-state index contributed by atoms with van der Waals surface area (Å²) in [5, 5.41) is 0. The second kappa shape index (κ2) is 18.5. The Kier molecular flexibility index (Phi) is 11.4. The molecule has 3 heterocycles. The Morgan fingerprint density at radius 2 is 0.574 bits per heavy atom. The van der Waals surface area contributed by atoms with Gasteiger partial charge in [-0.3, -0.25) is 4.98 Å². The number of benzene rings is 8. The topological polar surface area (TPSA) is 64.5 Å². The van der Waals surface area contributed by atoms with Gasteiger partial charge < -0.3 is 0 Å². The molecule has 0 saturated heterocycles. The highest BCUT2D eigenvalue weighted by Gasteiger charge is 2.19. The lowest BCUT2D eigenvalue weighted by atomic mass is 9.86. The number of hydrogen-bond donors (Lipinski definition) is 0. The van der Waals surface area contributed by atoms with Crippen molar-refractivity contribution in [3.63, 3.8) is 0 Å². The molecular formula is C63H45N5. The first-order valence-corrected chi connectivity index (χ1v) is 22.9. The number of nitrogens with zero attached hydrogens (tertiary/aromatic N) is 5. The molecule has 0 fully saturated rings. The van der Waals surface area contributed by atoms with E-state index in [-0.39, 0.29) is 0 Å². The van der Waals surface area contributed by atoms with Crippen LogP contribution < -0.4 is 0 Å². The van der Waals surface area contributed by atoms with Crippen molar-refractivity contribution in [3.05, 3.63) is 248 Å². The van der Waals surface area contributed by atoms with E-state index in [4.69, 9.17) is 24.9 Å². The Morgan fingerprint density at radius 3 is 1.09 bits per heavy atom. The van der Waals surface area contributed by atoms with Crippen molar-refractivity contribution in [2.45, 2.75) is 13.8 Å². The van der Waals surface area contributed by atoms with Crippen LogP contribution in [0.1, 0.15) is 11.4 Å². The number of pyridine rings is 1. The first-order chi connectivity index (χ1) is 33.5. The summed E-state index contributed by atoms with van der Waals surface area (Å²) in [6, 6.07) is 82.4. The summed E-state index contributed by atoms with van der Waals surface area (Å²) >= 11 is 0. The molecule has 8 aromatic carbocycles. The minimum atomic E-state index is 0.673. The summed E-state index contributed by atoms with van der Waals surface area (Å²) in [6.45, 7) is 4.13. The van der Waals surface area contributed by atoms with Crippen LogP contribution in [0.25, 0.3) is 112 Å². The fourth-order valence-corrected chi connectivity index (χ4v) is 9.11. The predicted octanol–water partition coefficient (Wildman–Crippen LogP) is 15.9. The van der Waals surface area contributed by atoms with Crippen LogP contribution in [0.2, 0.25) is 0 Å². The molecule has 3 aromatic heterocycles. The SMILES string of the molecule is Cc1cc(-c2c(-c3cccc(-c4cc(-c5ccccc5)nc(-c5ccccc5)n4)c3)cccc2-c2cccc(-c3cc(-c4ccccc4-c4ccccc4)nc(-c4ccccc4)n3)c2)cc(C)n1. The number of rotatable bonds is 10. The third-order valence-electron chi connectivity index (χ3n) is 12.2. The molecule has 0 N–H and O–H groups in total. The van der Waals surface area contributed by atoms with Gasteiger partial charge in [-0.2, -0.15) is 0 Å². The molecule has 322 valence electrons. The molecule has 0 aliphatic carbocycles. The highest BCUT2D eigenvalue weighted by molar-refractivity contribution is 5.96. The van der Waals surface area contributed by atoms with Crippen LogP contribution in [0.5, 0.6) is 0 Å². The van der Waals surface area contributed by atoms with Crippen LogP contribution >= 0.6 is 0 Å². The molecule has 0 aliphatic heterocycles. The van der Waals surface area contributed by atoms with Gasteiger partial charge in [-0.15, -0.1) is 0 Å². The van der Waals surface area contributed by atoms with E-state index < -0.39 is 0 Å². The number of aromatic nitrogens is 5. The normalized spacial score (nSPS) is 11.1. The highest BCUT2D eigenvalue weighted by Crippen LogP contribution is 2.43. The molecule has 11 rings (SSSR count). The minimum Gasteiger partial charge on any atom is -0.258 e. The van der Waals surface area contributed by atoms with E-state index in [9.17, 15) is 0 Å². The average Bonchev–Trinajstić information content (AvgIpc) is 3.41. The second-order valence-corrected chi connectivity index (χ2v) is 17.0. The van der Waals surface area contributed by atoms with Crippen LogP contribution in [0, 0.1) is 13.8 Å². The molecule has 0 radical (unpaired) electrons.